The van der Waals surface area contributed by atoms with Crippen molar-refractivity contribution in [3.05, 3.63) is 245 Å². The Morgan fingerprint density at radius 1 is 0.358 bits per heavy atom. The number of rotatable bonds is 10. The van der Waals surface area contributed by atoms with E-state index < -0.39 is 0 Å². The van der Waals surface area contributed by atoms with E-state index in [9.17, 15) is 0 Å². The van der Waals surface area contributed by atoms with Gasteiger partial charge < -0.3 is 9.80 Å². The highest BCUT2D eigenvalue weighted by Crippen LogP contribution is 2.42. The zero-order valence-corrected chi connectivity index (χ0v) is 41.4. The topological polar surface area (TPSA) is 14.2 Å². The summed E-state index contributed by atoms with van der Waals surface area (Å²) in [5.74, 6) is 0. The number of benzene rings is 6. The fourth-order valence-electron chi connectivity index (χ4n) is 11.1. The molecule has 0 spiro atoms. The van der Waals surface area contributed by atoms with Crippen molar-refractivity contribution < 1.29 is 9.13 Å². The minimum Gasteiger partial charge on any atom is -0.337 e. The molecule has 8 aromatic rings. The Balaban J connectivity index is 0.823. The Labute approximate surface area is 399 Å². The molecular formula is C63H66N4+2. The molecule has 0 fully saturated rings. The van der Waals surface area contributed by atoms with Gasteiger partial charge in [-0.2, -0.15) is 9.13 Å². The van der Waals surface area contributed by atoms with Gasteiger partial charge in [-0.25, -0.2) is 0 Å². The number of nitrogens with zero attached hydrogens (tertiary/aromatic N) is 4. The van der Waals surface area contributed by atoms with Crippen molar-refractivity contribution in [2.24, 2.45) is 0 Å². The lowest BCUT2D eigenvalue weighted by atomic mass is 9.92. The van der Waals surface area contributed by atoms with Gasteiger partial charge in [-0.1, -0.05) is 119 Å². The van der Waals surface area contributed by atoms with Crippen LogP contribution < -0.4 is 18.9 Å². The summed E-state index contributed by atoms with van der Waals surface area (Å²) in [4.78, 5) is 5.03. The van der Waals surface area contributed by atoms with Gasteiger partial charge in [0, 0.05) is 111 Å². The largest absolute Gasteiger partial charge is 0.337 e. The summed E-state index contributed by atoms with van der Waals surface area (Å²) in [5, 5.41) is 0. The Bertz CT molecular complexity index is 2890. The zero-order valence-electron chi connectivity index (χ0n) is 41.4. The van der Waals surface area contributed by atoms with Crippen molar-refractivity contribution in [1.82, 2.24) is 0 Å². The standard InChI is InChI=1S/C63H66N4/c1-40-11-23-60-56(27-40)34-57-28-41(2)12-24-61(57)66(60)38-52-19-15-50(16-20-52)36-64-44(5)31-54(46(7)48(64)9)33-55-32-45(6)65(49(10)47(55)8)37-51-17-21-53(22-18-51)39-67-62-25-13-42(3)29-58(62)35-59-30-43(4)14-26-63(59)67/h11-32H,33-39H2,1-10H3/q+2. The second-order valence-electron chi connectivity index (χ2n) is 20.1. The first kappa shape index (κ1) is 44.1. The van der Waals surface area contributed by atoms with Crippen LogP contribution in [0.3, 0.4) is 0 Å². The first-order chi connectivity index (χ1) is 32.3. The van der Waals surface area contributed by atoms with Gasteiger partial charge in [0.05, 0.1) is 0 Å². The third-order valence-corrected chi connectivity index (χ3v) is 15.1. The summed E-state index contributed by atoms with van der Waals surface area (Å²) in [6.45, 7) is 26.0. The monoisotopic (exact) mass is 879 g/mol. The molecule has 0 atom stereocenters. The normalized spacial score (nSPS) is 12.7. The van der Waals surface area contributed by atoms with E-state index in [0.717, 1.165) is 45.4 Å². The van der Waals surface area contributed by atoms with Crippen LogP contribution in [0.1, 0.15) is 112 Å². The number of hydrogen-bond donors (Lipinski definition) is 0. The molecule has 0 saturated heterocycles. The summed E-state index contributed by atoms with van der Waals surface area (Å²) in [6.07, 6.45) is 2.91. The number of anilines is 4. The van der Waals surface area contributed by atoms with Crippen molar-refractivity contribution in [3.63, 3.8) is 0 Å². The maximum Gasteiger partial charge on any atom is 0.181 e. The molecule has 0 saturated carbocycles. The maximum absolute atomic E-state index is 2.51. The summed E-state index contributed by atoms with van der Waals surface area (Å²) in [5.41, 5.74) is 32.4. The van der Waals surface area contributed by atoms with E-state index in [2.05, 4.69) is 222 Å². The molecule has 2 aliphatic rings. The predicted molar refractivity (Wildman–Crippen MR) is 278 cm³/mol. The van der Waals surface area contributed by atoms with E-state index >= 15 is 0 Å². The Morgan fingerprint density at radius 3 is 0.970 bits per heavy atom. The minimum atomic E-state index is 0.848. The van der Waals surface area contributed by atoms with Gasteiger partial charge >= 0.3 is 0 Å². The van der Waals surface area contributed by atoms with Gasteiger partial charge in [-0.05, 0) is 117 Å². The molecule has 10 rings (SSSR count). The van der Waals surface area contributed by atoms with Gasteiger partial charge in [0.1, 0.15) is 0 Å². The van der Waals surface area contributed by atoms with E-state index in [1.807, 2.05) is 0 Å². The second-order valence-corrected chi connectivity index (χ2v) is 20.1. The molecule has 0 aliphatic carbocycles. The smallest absolute Gasteiger partial charge is 0.181 e. The summed E-state index contributed by atoms with van der Waals surface area (Å²) in [7, 11) is 0. The molecular weight excluding hydrogens is 813 g/mol. The van der Waals surface area contributed by atoms with Gasteiger partial charge in [-0.15, -0.1) is 0 Å². The quantitative estimate of drug-likeness (QED) is 0.127. The van der Waals surface area contributed by atoms with E-state index in [0.29, 0.717) is 0 Å². The molecule has 0 unspecified atom stereocenters. The third-order valence-electron chi connectivity index (χ3n) is 15.1. The molecule has 6 aromatic carbocycles. The number of fused-ring (bicyclic) bond motifs is 4. The SMILES string of the molecule is Cc1ccc2c(c1)Cc1cc(C)ccc1N2Cc1ccc(C[n+]2c(C)cc(Cc3cc(C)[n+](Cc4ccc(CN5c6ccc(C)cc6Cc6cc(C)ccc65)cc4)c(C)c3C)c(C)c2C)cc1. The predicted octanol–water partition coefficient (Wildman–Crippen LogP) is 13.5. The Kier molecular flexibility index (Phi) is 11.7. The highest BCUT2D eigenvalue weighted by atomic mass is 15.2. The highest BCUT2D eigenvalue weighted by molar-refractivity contribution is 5.76. The van der Waals surface area contributed by atoms with Gasteiger partial charge in [-0.3, -0.25) is 0 Å². The van der Waals surface area contributed by atoms with E-state index in [1.165, 1.54) is 135 Å². The van der Waals surface area contributed by atoms with E-state index in [-0.39, 0.29) is 0 Å². The molecule has 0 radical (unpaired) electrons. The zero-order chi connectivity index (χ0) is 46.7. The van der Waals surface area contributed by atoms with Crippen LogP contribution in [0.2, 0.25) is 0 Å². The van der Waals surface area contributed by atoms with Crippen LogP contribution in [0.15, 0.2) is 133 Å². The number of aryl methyl sites for hydroxylation is 6. The Hall–Kier alpha value is -6.78. The minimum absolute atomic E-state index is 0.848. The average molecular weight is 879 g/mol. The van der Waals surface area contributed by atoms with Crippen molar-refractivity contribution >= 4 is 22.7 Å². The fraction of sp³-hybridized carbons (Fsp3) is 0.270. The van der Waals surface area contributed by atoms with Crippen molar-refractivity contribution in [2.75, 3.05) is 9.80 Å². The van der Waals surface area contributed by atoms with Crippen LogP contribution in [0.5, 0.6) is 0 Å². The first-order valence-corrected chi connectivity index (χ1v) is 24.3. The van der Waals surface area contributed by atoms with Crippen molar-refractivity contribution in [3.8, 4) is 0 Å². The van der Waals surface area contributed by atoms with Crippen LogP contribution in [-0.4, -0.2) is 0 Å². The number of pyridine rings is 2. The van der Waals surface area contributed by atoms with Crippen molar-refractivity contribution in [1.29, 1.82) is 0 Å². The van der Waals surface area contributed by atoms with Gasteiger partial charge in [0.15, 0.2) is 35.9 Å². The molecule has 0 N–H and O–H groups in total. The lowest BCUT2D eigenvalue weighted by Crippen LogP contribution is -2.42. The molecule has 0 bridgehead atoms. The summed E-state index contributed by atoms with van der Waals surface area (Å²) >= 11 is 0. The molecule has 67 heavy (non-hydrogen) atoms. The lowest BCUT2D eigenvalue weighted by molar-refractivity contribution is -0.700. The molecule has 2 aromatic heterocycles. The van der Waals surface area contributed by atoms with Crippen LogP contribution in [-0.2, 0) is 45.4 Å². The molecule has 4 nitrogen and oxygen atoms in total. The third kappa shape index (κ3) is 8.71. The maximum atomic E-state index is 2.51. The number of hydrogen-bond acceptors (Lipinski definition) is 2. The molecule has 4 heterocycles. The molecule has 0 amide bonds. The average Bonchev–Trinajstić information content (AvgIpc) is 3.30. The van der Waals surface area contributed by atoms with Crippen LogP contribution >= 0.6 is 0 Å². The molecule has 2 aliphatic heterocycles. The highest BCUT2D eigenvalue weighted by Gasteiger charge is 2.26. The van der Waals surface area contributed by atoms with Crippen LogP contribution in [0.25, 0.3) is 0 Å². The van der Waals surface area contributed by atoms with Gasteiger partial charge in [0.2, 0.25) is 0 Å². The molecule has 336 valence electrons. The molecule has 4 heteroatoms. The second kappa shape index (κ2) is 17.8. The first-order valence-electron chi connectivity index (χ1n) is 24.3. The Morgan fingerprint density at radius 2 is 0.657 bits per heavy atom. The van der Waals surface area contributed by atoms with E-state index in [1.54, 1.807) is 0 Å². The lowest BCUT2D eigenvalue weighted by Gasteiger charge is -2.34. The summed E-state index contributed by atoms with van der Waals surface area (Å²) in [6, 6.07) is 51.2. The van der Waals surface area contributed by atoms with Crippen molar-refractivity contribution in [2.45, 2.75) is 115 Å². The fourth-order valence-corrected chi connectivity index (χ4v) is 11.1. The van der Waals surface area contributed by atoms with E-state index in [4.69, 9.17) is 0 Å². The van der Waals surface area contributed by atoms with Gasteiger partial charge in [0.25, 0.3) is 0 Å². The number of aromatic nitrogens is 2. The summed E-state index contributed by atoms with van der Waals surface area (Å²) < 4.78 is 4.99. The van der Waals surface area contributed by atoms with Crippen LogP contribution in [0, 0.1) is 69.2 Å². The van der Waals surface area contributed by atoms with Crippen LogP contribution in [0.4, 0.5) is 22.7 Å².